The van der Waals surface area contributed by atoms with E-state index in [1.807, 2.05) is 0 Å². The molecule has 0 amide bonds. The van der Waals surface area contributed by atoms with Crippen LogP contribution in [0.3, 0.4) is 0 Å². The molecular formula is C6H5N3O. The molecule has 2 aromatic rings. The van der Waals surface area contributed by atoms with Gasteiger partial charge in [-0.05, 0) is 6.72 Å². The van der Waals surface area contributed by atoms with E-state index in [1.54, 1.807) is 6.20 Å². The average molecular weight is 135 g/mol. The van der Waals surface area contributed by atoms with Gasteiger partial charge in [0, 0.05) is 6.20 Å². The van der Waals surface area contributed by atoms with Crippen LogP contribution in [0.4, 0.5) is 5.69 Å². The molecule has 0 radical (unpaired) electrons. The van der Waals surface area contributed by atoms with Crippen LogP contribution in [-0.2, 0) is 0 Å². The zero-order chi connectivity index (χ0) is 6.97. The number of nitrogens with zero attached hydrogens (tertiary/aromatic N) is 2. The molecule has 0 aliphatic carbocycles. The second-order valence-electron chi connectivity index (χ2n) is 1.86. The highest BCUT2D eigenvalue weighted by Crippen LogP contribution is 2.23. The Balaban J connectivity index is 2.88. The fraction of sp³-hybridized carbons (Fsp3) is 0. The second kappa shape index (κ2) is 1.70. The van der Waals surface area contributed by atoms with Crippen molar-refractivity contribution in [3.8, 4) is 0 Å². The first-order valence-corrected chi connectivity index (χ1v) is 2.79. The maximum atomic E-state index is 5.00. The zero-order valence-electron chi connectivity index (χ0n) is 5.16. The van der Waals surface area contributed by atoms with Gasteiger partial charge in [-0.15, -0.1) is 0 Å². The smallest absolute Gasteiger partial charge is 0.198 e. The van der Waals surface area contributed by atoms with Crippen LogP contribution in [0.2, 0.25) is 0 Å². The maximum absolute atomic E-state index is 5.00. The van der Waals surface area contributed by atoms with Crippen molar-refractivity contribution in [2.45, 2.75) is 0 Å². The van der Waals surface area contributed by atoms with E-state index < -0.39 is 0 Å². The molecule has 0 aliphatic rings. The number of aromatic nitrogens is 2. The third-order valence-electron chi connectivity index (χ3n) is 1.32. The van der Waals surface area contributed by atoms with E-state index in [0.29, 0.717) is 16.9 Å². The molecule has 0 aromatic carbocycles. The van der Waals surface area contributed by atoms with Crippen LogP contribution >= 0.6 is 0 Å². The number of oxazole rings is 1. The minimum Gasteiger partial charge on any atom is -0.439 e. The van der Waals surface area contributed by atoms with Crippen LogP contribution in [0.25, 0.3) is 11.2 Å². The van der Waals surface area contributed by atoms with E-state index in [2.05, 4.69) is 21.7 Å². The summed E-state index contributed by atoms with van der Waals surface area (Å²) in [5.41, 5.74) is 2.07. The summed E-state index contributed by atoms with van der Waals surface area (Å²) in [6, 6.07) is 0. The molecule has 0 fully saturated rings. The lowest BCUT2D eigenvalue weighted by Crippen LogP contribution is -1.58. The number of rotatable bonds is 1. The average Bonchev–Trinajstić information content (AvgIpc) is 2.44. The van der Waals surface area contributed by atoms with Gasteiger partial charge < -0.3 is 9.40 Å². The van der Waals surface area contributed by atoms with Crippen LogP contribution in [-0.4, -0.2) is 16.7 Å². The van der Waals surface area contributed by atoms with Crippen molar-refractivity contribution < 1.29 is 4.42 Å². The summed E-state index contributed by atoms with van der Waals surface area (Å²) < 4.78 is 5.00. The highest BCUT2D eigenvalue weighted by molar-refractivity contribution is 5.82. The Morgan fingerprint density at radius 3 is 3.40 bits per heavy atom. The van der Waals surface area contributed by atoms with Gasteiger partial charge in [0.25, 0.3) is 0 Å². The largest absolute Gasteiger partial charge is 0.439 e. The van der Waals surface area contributed by atoms with E-state index in [1.165, 1.54) is 6.39 Å². The highest BCUT2D eigenvalue weighted by atomic mass is 16.3. The molecule has 0 spiro atoms. The molecule has 0 atom stereocenters. The van der Waals surface area contributed by atoms with Gasteiger partial charge in [0.05, 0.1) is 0 Å². The predicted molar refractivity (Wildman–Crippen MR) is 37.6 cm³/mol. The Morgan fingerprint density at radius 1 is 1.70 bits per heavy atom. The number of aliphatic imine (C=N–C) groups is 1. The minimum absolute atomic E-state index is 0.662. The summed E-state index contributed by atoms with van der Waals surface area (Å²) in [4.78, 5) is 10.5. The number of nitrogens with one attached hydrogen (secondary N) is 1. The van der Waals surface area contributed by atoms with Crippen LogP contribution < -0.4 is 0 Å². The number of H-pyrrole nitrogens is 1. The number of aromatic amines is 1. The van der Waals surface area contributed by atoms with E-state index in [0.717, 1.165) is 0 Å². The lowest BCUT2D eigenvalue weighted by atomic mass is 10.5. The van der Waals surface area contributed by atoms with Crippen LogP contribution in [0.15, 0.2) is 22.0 Å². The standard InChI is InChI=1S/C6H5N3O/c1-7-4-2-8-6-5(4)10-3-9-6/h2-3,8H,1H2. The molecule has 4 nitrogen and oxygen atoms in total. The molecule has 10 heavy (non-hydrogen) atoms. The van der Waals surface area contributed by atoms with E-state index in [4.69, 9.17) is 4.42 Å². The fourth-order valence-corrected chi connectivity index (χ4v) is 0.850. The Bertz CT molecular complexity index is 360. The summed E-state index contributed by atoms with van der Waals surface area (Å²) in [5.74, 6) is 0. The zero-order valence-corrected chi connectivity index (χ0v) is 5.16. The van der Waals surface area contributed by atoms with Gasteiger partial charge in [-0.25, -0.2) is 0 Å². The van der Waals surface area contributed by atoms with Gasteiger partial charge in [-0.1, -0.05) is 0 Å². The molecule has 0 aliphatic heterocycles. The van der Waals surface area contributed by atoms with Gasteiger partial charge in [0.1, 0.15) is 5.69 Å². The van der Waals surface area contributed by atoms with Crippen molar-refractivity contribution in [2.75, 3.05) is 0 Å². The molecule has 0 saturated carbocycles. The molecule has 1 N–H and O–H groups in total. The summed E-state index contributed by atoms with van der Waals surface area (Å²) in [6.07, 6.45) is 3.07. The predicted octanol–water partition coefficient (Wildman–Crippen LogP) is 1.49. The van der Waals surface area contributed by atoms with Crippen LogP contribution in [0.1, 0.15) is 0 Å². The molecule has 2 heterocycles. The van der Waals surface area contributed by atoms with Crippen molar-refractivity contribution in [1.29, 1.82) is 0 Å². The lowest BCUT2D eigenvalue weighted by molar-refractivity contribution is 0.603. The van der Waals surface area contributed by atoms with Crippen molar-refractivity contribution in [2.24, 2.45) is 4.99 Å². The molecular weight excluding hydrogens is 130 g/mol. The molecule has 0 saturated heterocycles. The quantitative estimate of drug-likeness (QED) is 0.602. The normalized spacial score (nSPS) is 10.4. The molecule has 4 heteroatoms. The molecule has 0 bridgehead atoms. The van der Waals surface area contributed by atoms with Crippen molar-refractivity contribution in [1.82, 2.24) is 9.97 Å². The first kappa shape index (κ1) is 5.22. The Hall–Kier alpha value is -1.58. The topological polar surface area (TPSA) is 54.2 Å². The van der Waals surface area contributed by atoms with Crippen molar-refractivity contribution >= 4 is 23.6 Å². The monoisotopic (exact) mass is 135 g/mol. The van der Waals surface area contributed by atoms with Gasteiger partial charge in [-0.2, -0.15) is 4.98 Å². The summed E-state index contributed by atoms with van der Waals surface area (Å²) in [7, 11) is 0. The van der Waals surface area contributed by atoms with E-state index in [-0.39, 0.29) is 0 Å². The van der Waals surface area contributed by atoms with Gasteiger partial charge in [-0.3, -0.25) is 4.99 Å². The lowest BCUT2D eigenvalue weighted by Gasteiger charge is -1.77. The summed E-state index contributed by atoms with van der Waals surface area (Å²) in [6.45, 7) is 3.38. The Kier molecular flexibility index (Phi) is 0.887. The molecule has 2 aromatic heterocycles. The van der Waals surface area contributed by atoms with Gasteiger partial charge >= 0.3 is 0 Å². The van der Waals surface area contributed by atoms with Crippen molar-refractivity contribution in [3.05, 3.63) is 12.6 Å². The van der Waals surface area contributed by atoms with Crippen LogP contribution in [0.5, 0.6) is 0 Å². The number of fused-ring (bicyclic) bond motifs is 1. The van der Waals surface area contributed by atoms with Gasteiger partial charge in [0.2, 0.25) is 0 Å². The summed E-state index contributed by atoms with van der Waals surface area (Å²) in [5, 5.41) is 0. The molecule has 50 valence electrons. The Labute approximate surface area is 56.6 Å². The number of hydrogen-bond acceptors (Lipinski definition) is 3. The fourth-order valence-electron chi connectivity index (χ4n) is 0.850. The highest BCUT2D eigenvalue weighted by Gasteiger charge is 2.03. The molecule has 2 rings (SSSR count). The minimum atomic E-state index is 0.662. The summed E-state index contributed by atoms with van der Waals surface area (Å²) >= 11 is 0. The maximum Gasteiger partial charge on any atom is 0.198 e. The van der Waals surface area contributed by atoms with Crippen molar-refractivity contribution in [3.63, 3.8) is 0 Å². The number of hydrogen-bond donors (Lipinski definition) is 1. The first-order chi connectivity index (χ1) is 4.92. The third-order valence-corrected chi connectivity index (χ3v) is 1.32. The first-order valence-electron chi connectivity index (χ1n) is 2.79. The SMILES string of the molecule is C=Nc1c[nH]c2ncoc12. The van der Waals surface area contributed by atoms with E-state index in [9.17, 15) is 0 Å². The third kappa shape index (κ3) is 0.500. The molecule has 0 unspecified atom stereocenters. The van der Waals surface area contributed by atoms with Gasteiger partial charge in [0.15, 0.2) is 17.6 Å². The second-order valence-corrected chi connectivity index (χ2v) is 1.86. The van der Waals surface area contributed by atoms with E-state index >= 15 is 0 Å². The van der Waals surface area contributed by atoms with Crippen LogP contribution in [0, 0.1) is 0 Å². The Morgan fingerprint density at radius 2 is 2.60 bits per heavy atom.